The third-order valence-corrected chi connectivity index (χ3v) is 18.1. The van der Waals surface area contributed by atoms with Crippen molar-refractivity contribution in [3.05, 3.63) is 154 Å². The molecule has 466 valence electrons. The molecule has 5 aromatic rings. The van der Waals surface area contributed by atoms with Gasteiger partial charge in [0.25, 0.3) is 0 Å². The van der Waals surface area contributed by atoms with E-state index in [-0.39, 0.29) is 56.5 Å². The van der Waals surface area contributed by atoms with Gasteiger partial charge in [-0.3, -0.25) is 4.79 Å². The Morgan fingerprint density at radius 1 is 0.609 bits per heavy atom. The lowest BCUT2D eigenvalue weighted by Crippen LogP contribution is -2.27. The minimum absolute atomic E-state index is 0.0356. The fourth-order valence-corrected chi connectivity index (χ4v) is 11.6. The summed E-state index contributed by atoms with van der Waals surface area (Å²) in [6.07, 6.45) is -1.96. The van der Waals surface area contributed by atoms with Crippen LogP contribution in [0.15, 0.2) is 57.8 Å². The van der Waals surface area contributed by atoms with Gasteiger partial charge >= 0.3 is 0 Å². The SMILES string of the molecule is C=C(C)COc1c(I)cc(C(C)O)nc1Cl.CC(=O)c1cc2c(c(Cl)n1)OCC2(C)CN=[N+]=[N-].CC(O)c1cc2c(c(Cl)n1)OCC2(C)CI.CC(O)c1cc2c(c(Cl)n1)OCC2(C)CN=[N+]=[N-].CC1(CN=[N+]=[N-])COc2c1cc(C1(C)CO1)nc2Cl. The van der Waals surface area contributed by atoms with Gasteiger partial charge in [-0.15, -0.1) is 0 Å². The number of epoxide rings is 1. The predicted molar refractivity (Wildman–Crippen MR) is 347 cm³/mol. The van der Waals surface area contributed by atoms with Crippen LogP contribution >= 0.6 is 103 Å². The van der Waals surface area contributed by atoms with Crippen molar-refractivity contribution in [2.24, 2.45) is 15.3 Å². The van der Waals surface area contributed by atoms with Crippen LogP contribution in [0.25, 0.3) is 31.3 Å². The number of halogens is 7. The molecule has 0 spiro atoms. The number of hydrogen-bond acceptors (Lipinski definition) is 18. The first-order valence-electron chi connectivity index (χ1n) is 26.6. The number of aliphatic hydroxyl groups is 3. The Bertz CT molecular complexity index is 3570. The molecular weight excluding hydrogens is 1460 g/mol. The normalized spacial score (nSPS) is 22.8. The van der Waals surface area contributed by atoms with Gasteiger partial charge in [0.05, 0.1) is 77.7 Å². The lowest BCUT2D eigenvalue weighted by molar-refractivity contribution is 0.101. The van der Waals surface area contributed by atoms with Crippen LogP contribution in [0, 0.1) is 3.57 Å². The molecule has 0 bridgehead atoms. The monoisotopic (exact) mass is 1520 g/mol. The van der Waals surface area contributed by atoms with E-state index in [1.807, 2.05) is 46.8 Å². The molecule has 3 N–H and O–H groups in total. The number of carbonyl (C=O) groups is 1. The fraction of sp³-hybridized carbons (Fsp3) is 0.500. The summed E-state index contributed by atoms with van der Waals surface area (Å²) in [5.74, 6) is 2.61. The van der Waals surface area contributed by atoms with Crippen molar-refractivity contribution in [1.29, 1.82) is 0 Å². The van der Waals surface area contributed by atoms with Crippen molar-refractivity contribution in [3.63, 3.8) is 0 Å². The zero-order valence-corrected chi connectivity index (χ0v) is 57.1. The molecule has 87 heavy (non-hydrogen) atoms. The van der Waals surface area contributed by atoms with E-state index >= 15 is 0 Å². The molecule has 8 unspecified atom stereocenters. The molecular formula is C56H63Cl5I2N14O10. The minimum atomic E-state index is -0.711. The summed E-state index contributed by atoms with van der Waals surface area (Å²) in [7, 11) is 0. The van der Waals surface area contributed by atoms with Gasteiger partial charge in [0, 0.05) is 89.6 Å². The number of pyridine rings is 5. The third-order valence-electron chi connectivity index (χ3n) is 14.4. The van der Waals surface area contributed by atoms with Crippen molar-refractivity contribution >= 4 is 109 Å². The summed E-state index contributed by atoms with van der Waals surface area (Å²) in [6, 6.07) is 9.02. The van der Waals surface area contributed by atoms with E-state index in [4.69, 9.17) is 103 Å². The Labute approximate surface area is 554 Å². The highest BCUT2D eigenvalue weighted by Crippen LogP contribution is 2.49. The van der Waals surface area contributed by atoms with Crippen LogP contribution in [0.4, 0.5) is 0 Å². The van der Waals surface area contributed by atoms with Gasteiger partial charge in [0.15, 0.2) is 60.3 Å². The molecule has 5 aromatic heterocycles. The van der Waals surface area contributed by atoms with Crippen LogP contribution in [-0.2, 0) is 32.0 Å². The van der Waals surface area contributed by atoms with Gasteiger partial charge in [-0.1, -0.05) is 130 Å². The van der Waals surface area contributed by atoms with Crippen LogP contribution in [0.2, 0.25) is 25.8 Å². The first-order valence-corrected chi connectivity index (χ1v) is 31.1. The average molecular weight is 1520 g/mol. The molecule has 1 fully saturated rings. The van der Waals surface area contributed by atoms with Gasteiger partial charge in [-0.25, -0.2) is 24.9 Å². The van der Waals surface area contributed by atoms with Crippen LogP contribution in [0.5, 0.6) is 28.7 Å². The van der Waals surface area contributed by atoms with Crippen molar-refractivity contribution in [2.45, 2.75) is 115 Å². The van der Waals surface area contributed by atoms with Crippen molar-refractivity contribution < 1.29 is 48.5 Å². The summed E-state index contributed by atoms with van der Waals surface area (Å²) in [4.78, 5) is 40.3. The van der Waals surface area contributed by atoms with E-state index in [0.717, 1.165) is 41.5 Å². The average Bonchev–Trinajstić information content (AvgIpc) is 1.65. The topological polar surface area (TPSA) is 347 Å². The molecule has 24 nitrogen and oxygen atoms in total. The smallest absolute Gasteiger partial charge is 0.178 e. The number of fused-ring (bicyclic) bond motifs is 4. The minimum Gasteiger partial charge on any atom is -0.489 e. The van der Waals surface area contributed by atoms with Crippen molar-refractivity contribution in [1.82, 2.24) is 24.9 Å². The molecule has 1 saturated heterocycles. The van der Waals surface area contributed by atoms with Gasteiger partial charge in [0.2, 0.25) is 0 Å². The highest BCUT2D eigenvalue weighted by molar-refractivity contribution is 14.1. The van der Waals surface area contributed by atoms with E-state index in [0.29, 0.717) is 102 Å². The Morgan fingerprint density at radius 3 is 1.33 bits per heavy atom. The number of Topliss-reactive ketones (excluding diaryl/α,β-unsaturated/α-hetero) is 1. The highest BCUT2D eigenvalue weighted by atomic mass is 127. The molecule has 10 rings (SSSR count). The molecule has 5 aliphatic heterocycles. The summed E-state index contributed by atoms with van der Waals surface area (Å²) >= 11 is 34.7. The first kappa shape index (κ1) is 70.9. The number of nitrogens with zero attached hydrogens (tertiary/aromatic N) is 14. The largest absolute Gasteiger partial charge is 0.489 e. The number of aromatic nitrogens is 5. The number of alkyl halides is 1. The Morgan fingerprint density at radius 2 is 0.966 bits per heavy atom. The predicted octanol–water partition coefficient (Wildman–Crippen LogP) is 14.8. The molecule has 31 heteroatoms. The molecule has 10 heterocycles. The first-order chi connectivity index (χ1) is 40.8. The summed E-state index contributed by atoms with van der Waals surface area (Å²) in [5.41, 5.74) is 30.9. The fourth-order valence-electron chi connectivity index (χ4n) is 8.86. The van der Waals surface area contributed by atoms with E-state index in [1.54, 1.807) is 39.0 Å². The molecule has 0 amide bonds. The number of ether oxygens (including phenoxy) is 6. The second-order valence-electron chi connectivity index (χ2n) is 22.5. The molecule has 8 atom stereocenters. The summed E-state index contributed by atoms with van der Waals surface area (Å²) in [5, 5.41) is 40.8. The van der Waals surface area contributed by atoms with Crippen molar-refractivity contribution in [2.75, 3.05) is 63.7 Å². The molecule has 0 saturated carbocycles. The third kappa shape index (κ3) is 16.8. The second kappa shape index (κ2) is 29.6. The molecule has 0 radical (unpaired) electrons. The van der Waals surface area contributed by atoms with Gasteiger partial charge in [-0.05, 0) is 110 Å². The lowest BCUT2D eigenvalue weighted by Gasteiger charge is -2.20. The van der Waals surface area contributed by atoms with E-state index in [2.05, 4.69) is 114 Å². The van der Waals surface area contributed by atoms with Crippen LogP contribution in [-0.4, -0.2) is 110 Å². The maximum atomic E-state index is 11.4. The number of aliphatic hydroxyl groups excluding tert-OH is 3. The van der Waals surface area contributed by atoms with Crippen molar-refractivity contribution in [3.8, 4) is 28.7 Å². The standard InChI is InChI=1S/C12H13ClN4O2.2C11H13ClINO2.C11H13ClN4O2.C11H11ClN4O2/c1-11(4-15-17-14)5-18-9-7(11)3-8(16-10(9)13)12(2)6-19-12;1-6(15)8-3-7-9(10(12)14-8)16-5-11(7,2)4-13;1-6(2)5-16-10-8(13)4-9(7(3)15)14-11(10)12;2*1-6(17)8-3-7-9(10(12)15-8)18-5-11(7,2)4-14-16-13/h3H,4-6H2,1-2H3;3,6,15H,4-5H2,1-2H3;4,7,15H,1,5H2,2-3H3;3,6,17H,4-5H2,1-2H3;3H,4-5H2,1-2H3. The van der Waals surface area contributed by atoms with Crippen LogP contribution < -0.4 is 23.7 Å². The number of hydrogen-bond donors (Lipinski definition) is 3. The number of azide groups is 3. The zero-order chi connectivity index (χ0) is 64.6. The van der Waals surface area contributed by atoms with E-state index in [1.165, 1.54) is 6.92 Å². The van der Waals surface area contributed by atoms with Crippen LogP contribution in [0.1, 0.15) is 143 Å². The number of ketones is 1. The number of rotatable bonds is 15. The summed E-state index contributed by atoms with van der Waals surface area (Å²) in [6.45, 7) is 25.6. The van der Waals surface area contributed by atoms with Gasteiger partial charge in [0.1, 0.15) is 17.9 Å². The number of carbonyl (C=O) groups excluding carboxylic acids is 1. The zero-order valence-electron chi connectivity index (χ0n) is 49.0. The molecule has 0 aromatic carbocycles. The Hall–Kier alpha value is -5.16. The maximum absolute atomic E-state index is 11.4. The van der Waals surface area contributed by atoms with Gasteiger partial charge < -0.3 is 43.7 Å². The Balaban J connectivity index is 0.000000174. The molecule has 5 aliphatic rings. The lowest BCUT2D eigenvalue weighted by atomic mass is 9.84. The van der Waals surface area contributed by atoms with Gasteiger partial charge in [-0.2, -0.15) is 0 Å². The quantitative estimate of drug-likeness (QED) is 0.0101. The Kier molecular flexibility index (Phi) is 24.2. The molecule has 0 aliphatic carbocycles. The van der Waals surface area contributed by atoms with E-state index < -0.39 is 29.1 Å². The van der Waals surface area contributed by atoms with E-state index in [9.17, 15) is 20.1 Å². The van der Waals surface area contributed by atoms with Crippen LogP contribution in [0.3, 0.4) is 0 Å². The summed E-state index contributed by atoms with van der Waals surface area (Å²) < 4.78 is 34.9. The second-order valence-corrected chi connectivity index (χ2v) is 26.2. The maximum Gasteiger partial charge on any atom is 0.178 e. The highest BCUT2D eigenvalue weighted by Gasteiger charge is 2.47.